The Balaban J connectivity index is 1.84. The van der Waals surface area contributed by atoms with Crippen molar-refractivity contribution in [3.8, 4) is 11.5 Å². The molecule has 0 saturated heterocycles. The van der Waals surface area contributed by atoms with Crippen LogP contribution in [0.3, 0.4) is 0 Å². The van der Waals surface area contributed by atoms with Crippen molar-refractivity contribution < 1.29 is 14.7 Å². The summed E-state index contributed by atoms with van der Waals surface area (Å²) in [6.45, 7) is 4.99. The predicted molar refractivity (Wildman–Crippen MR) is 82.7 cm³/mol. The molecule has 4 heteroatoms. The van der Waals surface area contributed by atoms with Crippen LogP contribution >= 0.6 is 0 Å². The molecule has 1 N–H and O–H groups in total. The minimum absolute atomic E-state index is 0.451. The van der Waals surface area contributed by atoms with Crippen LogP contribution < -0.4 is 9.47 Å². The molecule has 110 valence electrons. The summed E-state index contributed by atoms with van der Waals surface area (Å²) >= 11 is 0. The van der Waals surface area contributed by atoms with Gasteiger partial charge in [0.2, 0.25) is 0 Å². The van der Waals surface area contributed by atoms with Gasteiger partial charge in [0.05, 0.1) is 6.21 Å². The number of nitrogens with zero attached hydrogens (tertiary/aromatic N) is 1. The third kappa shape index (κ3) is 4.53. The van der Waals surface area contributed by atoms with Gasteiger partial charge in [-0.3, -0.25) is 0 Å². The van der Waals surface area contributed by atoms with Gasteiger partial charge in [0.1, 0.15) is 24.7 Å². The van der Waals surface area contributed by atoms with Crippen LogP contribution in [0.2, 0.25) is 0 Å². The van der Waals surface area contributed by atoms with Crippen LogP contribution in [0.25, 0.3) is 0 Å². The predicted octanol–water partition coefficient (Wildman–Crippen LogP) is 3.57. The third-order valence-corrected chi connectivity index (χ3v) is 3.02. The lowest BCUT2D eigenvalue weighted by Gasteiger charge is -2.11. The van der Waals surface area contributed by atoms with Crippen molar-refractivity contribution in [3.05, 3.63) is 59.2 Å². The van der Waals surface area contributed by atoms with Gasteiger partial charge in [-0.15, -0.1) is 0 Å². The number of hydrogen-bond donors (Lipinski definition) is 1. The van der Waals surface area contributed by atoms with E-state index in [9.17, 15) is 0 Å². The van der Waals surface area contributed by atoms with E-state index in [-0.39, 0.29) is 0 Å². The highest BCUT2D eigenvalue weighted by Crippen LogP contribution is 2.19. The van der Waals surface area contributed by atoms with Gasteiger partial charge in [-0.1, -0.05) is 29.4 Å². The Kier molecular flexibility index (Phi) is 5.21. The molecule has 0 amide bonds. The van der Waals surface area contributed by atoms with Crippen molar-refractivity contribution in [3.63, 3.8) is 0 Å². The summed E-state index contributed by atoms with van der Waals surface area (Å²) in [7, 11) is 0. The van der Waals surface area contributed by atoms with Crippen LogP contribution in [0.5, 0.6) is 11.5 Å². The van der Waals surface area contributed by atoms with Gasteiger partial charge in [0.25, 0.3) is 0 Å². The molecular formula is C17H19NO3. The molecule has 0 aliphatic carbocycles. The van der Waals surface area contributed by atoms with Crippen molar-refractivity contribution >= 4 is 6.21 Å². The second-order valence-corrected chi connectivity index (χ2v) is 4.78. The first-order valence-corrected chi connectivity index (χ1v) is 6.79. The normalized spacial score (nSPS) is 10.8. The molecule has 0 aromatic heterocycles. The van der Waals surface area contributed by atoms with E-state index in [0.29, 0.717) is 13.2 Å². The number of oxime groups is 1. The van der Waals surface area contributed by atoms with Crippen LogP contribution in [0, 0.1) is 13.8 Å². The summed E-state index contributed by atoms with van der Waals surface area (Å²) in [5, 5.41) is 11.5. The fourth-order valence-corrected chi connectivity index (χ4v) is 1.93. The zero-order chi connectivity index (χ0) is 15.1. The van der Waals surface area contributed by atoms with E-state index >= 15 is 0 Å². The molecule has 0 spiro atoms. The van der Waals surface area contributed by atoms with Crippen molar-refractivity contribution in [1.82, 2.24) is 0 Å². The smallest absolute Gasteiger partial charge is 0.122 e. The van der Waals surface area contributed by atoms with Crippen molar-refractivity contribution in [2.45, 2.75) is 13.8 Å². The molecule has 0 unspecified atom stereocenters. The maximum Gasteiger partial charge on any atom is 0.122 e. The molecule has 2 rings (SSSR count). The summed E-state index contributed by atoms with van der Waals surface area (Å²) < 4.78 is 11.3. The van der Waals surface area contributed by atoms with Gasteiger partial charge < -0.3 is 14.7 Å². The van der Waals surface area contributed by atoms with E-state index in [1.54, 1.807) is 6.07 Å². The number of aryl methyl sites for hydroxylation is 2. The summed E-state index contributed by atoms with van der Waals surface area (Å²) in [5.41, 5.74) is 3.07. The zero-order valence-corrected chi connectivity index (χ0v) is 12.2. The number of benzene rings is 2. The summed E-state index contributed by atoms with van der Waals surface area (Å²) in [4.78, 5) is 0. The van der Waals surface area contributed by atoms with E-state index in [2.05, 4.69) is 11.2 Å². The summed E-state index contributed by atoms with van der Waals surface area (Å²) in [6.07, 6.45) is 1.36. The SMILES string of the molecule is Cc1ccc(C)c(OCCOc2cccc(C=NO)c2)c1. The van der Waals surface area contributed by atoms with Crippen LogP contribution in [0.15, 0.2) is 47.6 Å². The van der Waals surface area contributed by atoms with Crippen LogP contribution in [-0.2, 0) is 0 Å². The highest BCUT2D eigenvalue weighted by molar-refractivity contribution is 5.79. The molecule has 2 aromatic rings. The first-order chi connectivity index (χ1) is 10.2. The quantitative estimate of drug-likeness (QED) is 0.382. The minimum Gasteiger partial charge on any atom is -0.490 e. The Morgan fingerprint density at radius 1 is 1.05 bits per heavy atom. The lowest BCUT2D eigenvalue weighted by Crippen LogP contribution is -2.09. The highest BCUT2D eigenvalue weighted by Gasteiger charge is 2.00. The van der Waals surface area contributed by atoms with Gasteiger partial charge >= 0.3 is 0 Å². The topological polar surface area (TPSA) is 51.0 Å². The van der Waals surface area contributed by atoms with E-state index in [1.165, 1.54) is 11.8 Å². The summed E-state index contributed by atoms with van der Waals surface area (Å²) in [5.74, 6) is 1.61. The average Bonchev–Trinajstić information content (AvgIpc) is 2.48. The Bertz CT molecular complexity index is 623. The molecule has 0 saturated carbocycles. The number of ether oxygens (including phenoxy) is 2. The summed E-state index contributed by atoms with van der Waals surface area (Å²) in [6, 6.07) is 13.5. The molecule has 4 nitrogen and oxygen atoms in total. The number of hydrogen-bond acceptors (Lipinski definition) is 4. The van der Waals surface area contributed by atoms with E-state index < -0.39 is 0 Å². The number of rotatable bonds is 6. The fraction of sp³-hybridized carbons (Fsp3) is 0.235. The lowest BCUT2D eigenvalue weighted by atomic mass is 10.1. The Morgan fingerprint density at radius 3 is 2.67 bits per heavy atom. The van der Waals surface area contributed by atoms with E-state index in [0.717, 1.165) is 22.6 Å². The van der Waals surface area contributed by atoms with Gasteiger partial charge in [-0.05, 0) is 48.7 Å². The lowest BCUT2D eigenvalue weighted by molar-refractivity contribution is 0.216. The zero-order valence-electron chi connectivity index (χ0n) is 12.2. The Labute approximate surface area is 124 Å². The third-order valence-electron chi connectivity index (χ3n) is 3.02. The molecule has 0 aliphatic heterocycles. The van der Waals surface area contributed by atoms with Crippen LogP contribution in [-0.4, -0.2) is 24.6 Å². The molecule has 0 heterocycles. The van der Waals surface area contributed by atoms with E-state index in [1.807, 2.05) is 44.2 Å². The van der Waals surface area contributed by atoms with Crippen molar-refractivity contribution in [2.75, 3.05) is 13.2 Å². The molecular weight excluding hydrogens is 266 g/mol. The molecule has 0 aliphatic rings. The second kappa shape index (κ2) is 7.33. The average molecular weight is 285 g/mol. The second-order valence-electron chi connectivity index (χ2n) is 4.78. The van der Waals surface area contributed by atoms with Crippen LogP contribution in [0.1, 0.15) is 16.7 Å². The van der Waals surface area contributed by atoms with E-state index in [4.69, 9.17) is 14.7 Å². The highest BCUT2D eigenvalue weighted by atomic mass is 16.5. The Hall–Kier alpha value is -2.49. The largest absolute Gasteiger partial charge is 0.490 e. The maximum absolute atomic E-state index is 8.51. The molecule has 2 aromatic carbocycles. The van der Waals surface area contributed by atoms with Crippen LogP contribution in [0.4, 0.5) is 0 Å². The van der Waals surface area contributed by atoms with Crippen molar-refractivity contribution in [1.29, 1.82) is 0 Å². The molecule has 0 bridgehead atoms. The first kappa shape index (κ1) is 14.9. The van der Waals surface area contributed by atoms with Gasteiger partial charge in [0, 0.05) is 0 Å². The van der Waals surface area contributed by atoms with Crippen molar-refractivity contribution in [2.24, 2.45) is 5.16 Å². The minimum atomic E-state index is 0.451. The van der Waals surface area contributed by atoms with Gasteiger partial charge in [0.15, 0.2) is 0 Å². The molecule has 21 heavy (non-hydrogen) atoms. The Morgan fingerprint density at radius 2 is 1.86 bits per heavy atom. The fourth-order valence-electron chi connectivity index (χ4n) is 1.93. The van der Waals surface area contributed by atoms with Gasteiger partial charge in [-0.2, -0.15) is 0 Å². The molecule has 0 radical (unpaired) electrons. The first-order valence-electron chi connectivity index (χ1n) is 6.79. The molecule has 0 atom stereocenters. The molecule has 0 fully saturated rings. The van der Waals surface area contributed by atoms with Gasteiger partial charge in [-0.25, -0.2) is 0 Å². The monoisotopic (exact) mass is 285 g/mol. The standard InChI is InChI=1S/C17H19NO3/c1-13-6-7-14(2)17(10-13)21-9-8-20-16-5-3-4-15(11-16)12-18-19/h3-7,10-12,19H,8-9H2,1-2H3. The maximum atomic E-state index is 8.51.